The average molecular weight is 349 g/mol. The molecule has 1 aliphatic rings. The average Bonchev–Trinajstić information content (AvgIpc) is 3.08. The van der Waals surface area contributed by atoms with E-state index in [0.717, 1.165) is 23.4 Å². The lowest BCUT2D eigenvalue weighted by molar-refractivity contribution is 0.0722. The van der Waals surface area contributed by atoms with Gasteiger partial charge < -0.3 is 15.1 Å². The van der Waals surface area contributed by atoms with Crippen molar-refractivity contribution in [1.82, 2.24) is 19.9 Å². The van der Waals surface area contributed by atoms with Crippen LogP contribution in [0.4, 0.5) is 5.82 Å². The number of carbonyl (C=O) groups excluding carboxylic acids is 1. The van der Waals surface area contributed by atoms with Crippen LogP contribution in [0.25, 0.3) is 0 Å². The second kappa shape index (κ2) is 6.95. The van der Waals surface area contributed by atoms with Gasteiger partial charge in [-0.2, -0.15) is 0 Å². The van der Waals surface area contributed by atoms with E-state index in [1.807, 2.05) is 18.3 Å². The summed E-state index contributed by atoms with van der Waals surface area (Å²) < 4.78 is 5.88. The molecule has 0 unspecified atom stereocenters. The number of carbonyl (C=O) groups is 1. The van der Waals surface area contributed by atoms with E-state index in [-0.39, 0.29) is 5.91 Å². The van der Waals surface area contributed by atoms with Crippen LogP contribution >= 0.6 is 0 Å². The number of nitrogen functional groups attached to an aromatic ring is 1. The number of anilines is 1. The monoisotopic (exact) mass is 349 g/mol. The number of oxazole rings is 1. The summed E-state index contributed by atoms with van der Waals surface area (Å²) in [7, 11) is 0. The van der Waals surface area contributed by atoms with Gasteiger partial charge in [0, 0.05) is 31.8 Å². The Balaban J connectivity index is 1.44. The molecular weight excluding hydrogens is 330 g/mol. The molecule has 0 aliphatic carbocycles. The van der Waals surface area contributed by atoms with Crippen molar-refractivity contribution in [2.75, 3.05) is 12.3 Å². The largest absolute Gasteiger partial charge is 0.445 e. The number of amides is 1. The molecule has 0 spiro atoms. The van der Waals surface area contributed by atoms with E-state index in [4.69, 9.17) is 10.2 Å². The number of nitrogens with two attached hydrogens (primary N) is 1. The van der Waals surface area contributed by atoms with Crippen molar-refractivity contribution in [3.05, 3.63) is 71.3 Å². The van der Waals surface area contributed by atoms with Gasteiger partial charge in [0.25, 0.3) is 5.91 Å². The molecule has 1 aliphatic heterocycles. The third-order valence-electron chi connectivity index (χ3n) is 4.40. The third kappa shape index (κ3) is 3.42. The van der Waals surface area contributed by atoms with Crippen molar-refractivity contribution in [3.63, 3.8) is 0 Å². The van der Waals surface area contributed by atoms with E-state index in [2.05, 4.69) is 15.0 Å². The molecule has 0 aromatic carbocycles. The Labute approximate surface area is 150 Å². The van der Waals surface area contributed by atoms with Gasteiger partial charge in [-0.15, -0.1) is 0 Å². The Morgan fingerprint density at radius 1 is 1.19 bits per heavy atom. The summed E-state index contributed by atoms with van der Waals surface area (Å²) in [4.78, 5) is 27.2. The van der Waals surface area contributed by atoms with Crippen molar-refractivity contribution in [1.29, 1.82) is 0 Å². The molecule has 0 atom stereocenters. The number of hydrogen-bond acceptors (Lipinski definition) is 6. The first-order valence-electron chi connectivity index (χ1n) is 8.57. The summed E-state index contributed by atoms with van der Waals surface area (Å²) >= 11 is 0. The Hall–Kier alpha value is -3.22. The molecule has 4 heterocycles. The topological polar surface area (TPSA) is 98.1 Å². The number of aryl methyl sites for hydroxylation is 2. The maximum absolute atomic E-state index is 12.6. The van der Waals surface area contributed by atoms with Crippen molar-refractivity contribution >= 4 is 11.7 Å². The SMILES string of the molecule is Nc1cccc(C(=O)N2CCc3oc(CCc4cccnc4)nc3C2)n1. The van der Waals surface area contributed by atoms with Crippen LogP contribution in [0.1, 0.15) is 33.4 Å². The first-order valence-corrected chi connectivity index (χ1v) is 8.57. The maximum Gasteiger partial charge on any atom is 0.272 e. The lowest BCUT2D eigenvalue weighted by atomic mass is 10.1. The predicted octanol–water partition coefficient (Wildman–Crippen LogP) is 2.03. The van der Waals surface area contributed by atoms with E-state index in [1.165, 1.54) is 0 Å². The minimum atomic E-state index is -0.136. The highest BCUT2D eigenvalue weighted by molar-refractivity contribution is 5.92. The zero-order valence-electron chi connectivity index (χ0n) is 14.3. The fourth-order valence-electron chi connectivity index (χ4n) is 3.06. The Morgan fingerprint density at radius 3 is 2.92 bits per heavy atom. The van der Waals surface area contributed by atoms with Gasteiger partial charge in [0.15, 0.2) is 5.89 Å². The van der Waals surface area contributed by atoms with Crippen molar-refractivity contribution in [3.8, 4) is 0 Å². The molecule has 0 bridgehead atoms. The molecule has 0 fully saturated rings. The van der Waals surface area contributed by atoms with Gasteiger partial charge in [0.1, 0.15) is 23.0 Å². The van der Waals surface area contributed by atoms with Crippen LogP contribution in [0.15, 0.2) is 47.1 Å². The van der Waals surface area contributed by atoms with Gasteiger partial charge in [-0.3, -0.25) is 9.78 Å². The highest BCUT2D eigenvalue weighted by Gasteiger charge is 2.26. The summed E-state index contributed by atoms with van der Waals surface area (Å²) in [5.74, 6) is 1.78. The van der Waals surface area contributed by atoms with Crippen LogP contribution < -0.4 is 5.73 Å². The number of fused-ring (bicyclic) bond motifs is 1. The van der Waals surface area contributed by atoms with Gasteiger partial charge in [-0.25, -0.2) is 9.97 Å². The number of pyridine rings is 2. The van der Waals surface area contributed by atoms with Gasteiger partial charge in [-0.05, 0) is 30.2 Å². The summed E-state index contributed by atoms with van der Waals surface area (Å²) in [6.07, 6.45) is 5.80. The van der Waals surface area contributed by atoms with E-state index < -0.39 is 0 Å². The molecule has 7 nitrogen and oxygen atoms in total. The molecule has 3 aromatic rings. The van der Waals surface area contributed by atoms with E-state index in [1.54, 1.807) is 29.3 Å². The first kappa shape index (κ1) is 16.3. The molecule has 2 N–H and O–H groups in total. The minimum Gasteiger partial charge on any atom is -0.445 e. The van der Waals surface area contributed by atoms with E-state index in [0.29, 0.717) is 43.3 Å². The molecule has 0 saturated heterocycles. The first-order chi connectivity index (χ1) is 12.7. The molecule has 7 heteroatoms. The zero-order valence-corrected chi connectivity index (χ0v) is 14.3. The molecule has 1 amide bonds. The fraction of sp³-hybridized carbons (Fsp3) is 0.263. The van der Waals surface area contributed by atoms with Crippen LogP contribution in [0.3, 0.4) is 0 Å². The van der Waals surface area contributed by atoms with Crippen LogP contribution in [-0.4, -0.2) is 32.3 Å². The van der Waals surface area contributed by atoms with Crippen molar-refractivity contribution in [2.24, 2.45) is 0 Å². The Morgan fingerprint density at radius 2 is 2.12 bits per heavy atom. The van der Waals surface area contributed by atoms with E-state index >= 15 is 0 Å². The standard InChI is InChI=1S/C19H19N5O2/c20-17-5-1-4-14(22-17)19(25)24-10-8-16-15(12-24)23-18(26-16)7-6-13-3-2-9-21-11-13/h1-5,9,11H,6-8,10,12H2,(H2,20,22). The summed E-state index contributed by atoms with van der Waals surface area (Å²) in [5, 5.41) is 0. The zero-order chi connectivity index (χ0) is 17.9. The molecular formula is C19H19N5O2. The lowest BCUT2D eigenvalue weighted by Crippen LogP contribution is -2.36. The van der Waals surface area contributed by atoms with Crippen molar-refractivity contribution < 1.29 is 9.21 Å². The second-order valence-electron chi connectivity index (χ2n) is 6.26. The highest BCUT2D eigenvalue weighted by Crippen LogP contribution is 2.22. The van der Waals surface area contributed by atoms with Crippen LogP contribution in [0.5, 0.6) is 0 Å². The predicted molar refractivity (Wildman–Crippen MR) is 95.2 cm³/mol. The Kier molecular flexibility index (Phi) is 4.35. The normalized spacial score (nSPS) is 13.5. The second-order valence-corrected chi connectivity index (χ2v) is 6.26. The number of aromatic nitrogens is 3. The summed E-state index contributed by atoms with van der Waals surface area (Å²) in [5.41, 5.74) is 8.00. The van der Waals surface area contributed by atoms with Gasteiger partial charge >= 0.3 is 0 Å². The van der Waals surface area contributed by atoms with Crippen LogP contribution in [0, 0.1) is 0 Å². The summed E-state index contributed by atoms with van der Waals surface area (Å²) in [6, 6.07) is 9.03. The van der Waals surface area contributed by atoms with Crippen LogP contribution in [0.2, 0.25) is 0 Å². The highest BCUT2D eigenvalue weighted by atomic mass is 16.4. The molecule has 3 aromatic heterocycles. The van der Waals surface area contributed by atoms with Gasteiger partial charge in [0.05, 0.1) is 6.54 Å². The smallest absolute Gasteiger partial charge is 0.272 e. The third-order valence-corrected chi connectivity index (χ3v) is 4.40. The molecule has 132 valence electrons. The molecule has 0 saturated carbocycles. The van der Waals surface area contributed by atoms with Gasteiger partial charge in [0.2, 0.25) is 0 Å². The van der Waals surface area contributed by atoms with Crippen LogP contribution in [-0.2, 0) is 25.8 Å². The molecule has 4 rings (SSSR count). The quantitative estimate of drug-likeness (QED) is 0.774. The minimum absolute atomic E-state index is 0.136. The maximum atomic E-state index is 12.6. The number of nitrogens with zero attached hydrogens (tertiary/aromatic N) is 4. The summed E-state index contributed by atoms with van der Waals surface area (Å²) in [6.45, 7) is 1.01. The van der Waals surface area contributed by atoms with Gasteiger partial charge in [-0.1, -0.05) is 12.1 Å². The number of hydrogen-bond donors (Lipinski definition) is 1. The molecule has 26 heavy (non-hydrogen) atoms. The molecule has 0 radical (unpaired) electrons. The van der Waals surface area contributed by atoms with Crippen molar-refractivity contribution in [2.45, 2.75) is 25.8 Å². The lowest BCUT2D eigenvalue weighted by Gasteiger charge is -2.25. The fourth-order valence-corrected chi connectivity index (χ4v) is 3.06. The van der Waals surface area contributed by atoms with E-state index in [9.17, 15) is 4.79 Å². The number of rotatable bonds is 4. The Bertz CT molecular complexity index is 923.